The van der Waals surface area contributed by atoms with Crippen LogP contribution in [0.3, 0.4) is 0 Å². The highest BCUT2D eigenvalue weighted by molar-refractivity contribution is 5.73. The number of nitrogens with zero attached hydrogens (tertiary/aromatic N) is 4. The minimum absolute atomic E-state index is 0.164. The minimum atomic E-state index is -0.164. The summed E-state index contributed by atoms with van der Waals surface area (Å²) in [6.07, 6.45) is 6.67. The second-order valence-electron chi connectivity index (χ2n) is 5.15. The minimum Gasteiger partial charge on any atom is -0.354 e. The van der Waals surface area contributed by atoms with Gasteiger partial charge in [0.1, 0.15) is 6.07 Å². The second kappa shape index (κ2) is 7.98. The largest absolute Gasteiger partial charge is 0.354 e. The van der Waals surface area contributed by atoms with Crippen LogP contribution in [-0.4, -0.2) is 42.2 Å². The van der Waals surface area contributed by atoms with Crippen LogP contribution < -0.4 is 15.5 Å². The Kier molecular flexibility index (Phi) is 5.72. The van der Waals surface area contributed by atoms with E-state index in [4.69, 9.17) is 5.26 Å². The molecule has 1 aromatic rings. The van der Waals surface area contributed by atoms with Crippen molar-refractivity contribution in [3.05, 3.63) is 30.7 Å². The molecule has 1 saturated heterocycles. The number of hydrogen-bond donors (Lipinski definition) is 2. The van der Waals surface area contributed by atoms with Gasteiger partial charge >= 0.3 is 6.03 Å². The third-order valence-electron chi connectivity index (χ3n) is 3.66. The average Bonchev–Trinajstić information content (AvgIpc) is 2.58. The molecule has 2 heterocycles. The summed E-state index contributed by atoms with van der Waals surface area (Å²) in [7, 11) is 0. The number of anilines is 1. The molecule has 7 nitrogen and oxygen atoms in total. The molecule has 1 fully saturated rings. The average molecular weight is 300 g/mol. The van der Waals surface area contributed by atoms with Crippen LogP contribution in [0.15, 0.2) is 25.0 Å². The monoisotopic (exact) mass is 300 g/mol. The van der Waals surface area contributed by atoms with E-state index in [0.29, 0.717) is 30.5 Å². The number of urea groups is 1. The van der Waals surface area contributed by atoms with Gasteiger partial charge in [0.05, 0.1) is 0 Å². The van der Waals surface area contributed by atoms with Gasteiger partial charge in [-0.25, -0.2) is 14.8 Å². The summed E-state index contributed by atoms with van der Waals surface area (Å²) in [4.78, 5) is 21.9. The van der Waals surface area contributed by atoms with Gasteiger partial charge in [-0.15, -0.1) is 6.58 Å². The molecular weight excluding hydrogens is 280 g/mol. The molecule has 1 aliphatic heterocycles. The van der Waals surface area contributed by atoms with Crippen molar-refractivity contribution in [2.45, 2.75) is 12.8 Å². The highest BCUT2D eigenvalue weighted by atomic mass is 16.2. The Morgan fingerprint density at radius 2 is 2.14 bits per heavy atom. The first-order valence-corrected chi connectivity index (χ1v) is 7.33. The standard InChI is InChI=1S/C15H20N6O/c1-2-5-19-15(22)20-11-12-3-8-21(9-4-12)14-13(10-16)17-6-7-18-14/h2,6-7,12H,1,3-5,8-9,11H2,(H2,19,20,22). The van der Waals surface area contributed by atoms with Crippen molar-refractivity contribution in [3.8, 4) is 6.07 Å². The van der Waals surface area contributed by atoms with Crippen LogP contribution in [0.1, 0.15) is 18.5 Å². The Bertz CT molecular complexity index is 559. The molecule has 7 heteroatoms. The quantitative estimate of drug-likeness (QED) is 0.793. The normalized spacial score (nSPS) is 15.0. The Morgan fingerprint density at radius 1 is 1.41 bits per heavy atom. The zero-order chi connectivity index (χ0) is 15.8. The van der Waals surface area contributed by atoms with Crippen molar-refractivity contribution in [2.75, 3.05) is 31.1 Å². The van der Waals surface area contributed by atoms with E-state index in [9.17, 15) is 4.79 Å². The summed E-state index contributed by atoms with van der Waals surface area (Å²) in [5.41, 5.74) is 0.364. The number of aromatic nitrogens is 2. The van der Waals surface area contributed by atoms with Gasteiger partial charge < -0.3 is 15.5 Å². The predicted molar refractivity (Wildman–Crippen MR) is 83.3 cm³/mol. The van der Waals surface area contributed by atoms with Gasteiger partial charge in [0.2, 0.25) is 0 Å². The van der Waals surface area contributed by atoms with Crippen molar-refractivity contribution in [3.63, 3.8) is 0 Å². The van der Waals surface area contributed by atoms with Crippen LogP contribution in [0.2, 0.25) is 0 Å². The van der Waals surface area contributed by atoms with Crippen LogP contribution in [0.25, 0.3) is 0 Å². The molecule has 0 radical (unpaired) electrons. The van der Waals surface area contributed by atoms with Crippen LogP contribution in [0.5, 0.6) is 0 Å². The lowest BCUT2D eigenvalue weighted by molar-refractivity contribution is 0.238. The Morgan fingerprint density at radius 3 is 2.82 bits per heavy atom. The Hall–Kier alpha value is -2.62. The highest BCUT2D eigenvalue weighted by Crippen LogP contribution is 2.22. The molecule has 0 atom stereocenters. The van der Waals surface area contributed by atoms with E-state index >= 15 is 0 Å². The molecule has 2 N–H and O–H groups in total. The van der Waals surface area contributed by atoms with E-state index in [-0.39, 0.29) is 6.03 Å². The van der Waals surface area contributed by atoms with Crippen LogP contribution in [0.4, 0.5) is 10.6 Å². The Labute approximate surface area is 130 Å². The first-order chi connectivity index (χ1) is 10.7. The van der Waals surface area contributed by atoms with Gasteiger partial charge in [0, 0.05) is 38.6 Å². The third-order valence-corrected chi connectivity index (χ3v) is 3.66. The molecule has 22 heavy (non-hydrogen) atoms. The first kappa shape index (κ1) is 15.8. The topological polar surface area (TPSA) is 93.9 Å². The lowest BCUT2D eigenvalue weighted by Gasteiger charge is -2.32. The van der Waals surface area contributed by atoms with Crippen molar-refractivity contribution in [1.29, 1.82) is 5.26 Å². The van der Waals surface area contributed by atoms with Crippen molar-refractivity contribution in [2.24, 2.45) is 5.92 Å². The molecule has 0 unspecified atom stereocenters. The molecule has 0 aromatic carbocycles. The second-order valence-corrected chi connectivity index (χ2v) is 5.15. The predicted octanol–water partition coefficient (Wildman–Crippen LogP) is 1.05. The van der Waals surface area contributed by atoms with E-state index in [2.05, 4.69) is 38.1 Å². The maximum Gasteiger partial charge on any atom is 0.315 e. The summed E-state index contributed by atoms with van der Waals surface area (Å²) in [6.45, 7) is 6.30. The molecule has 116 valence electrons. The maximum absolute atomic E-state index is 11.5. The van der Waals surface area contributed by atoms with Crippen molar-refractivity contribution in [1.82, 2.24) is 20.6 Å². The smallest absolute Gasteiger partial charge is 0.315 e. The van der Waals surface area contributed by atoms with Gasteiger partial charge in [-0.05, 0) is 18.8 Å². The summed E-state index contributed by atoms with van der Waals surface area (Å²) in [6, 6.07) is 1.91. The molecule has 0 spiro atoms. The molecule has 1 aliphatic rings. The molecule has 0 aliphatic carbocycles. The number of rotatable bonds is 5. The van der Waals surface area contributed by atoms with Crippen LogP contribution >= 0.6 is 0 Å². The van der Waals surface area contributed by atoms with Gasteiger partial charge in [0.25, 0.3) is 0 Å². The molecule has 2 amide bonds. The highest BCUT2D eigenvalue weighted by Gasteiger charge is 2.22. The van der Waals surface area contributed by atoms with Gasteiger partial charge in [-0.2, -0.15) is 5.26 Å². The fourth-order valence-corrected chi connectivity index (χ4v) is 2.45. The van der Waals surface area contributed by atoms with E-state index < -0.39 is 0 Å². The lowest BCUT2D eigenvalue weighted by Crippen LogP contribution is -2.42. The molecule has 2 rings (SSSR count). The molecular formula is C15H20N6O. The zero-order valence-electron chi connectivity index (χ0n) is 12.5. The van der Waals surface area contributed by atoms with Crippen LogP contribution in [0, 0.1) is 17.2 Å². The number of nitriles is 1. The van der Waals surface area contributed by atoms with Crippen molar-refractivity contribution >= 4 is 11.8 Å². The zero-order valence-corrected chi connectivity index (χ0v) is 12.5. The number of piperidine rings is 1. The SMILES string of the molecule is C=CCNC(=O)NCC1CCN(c2nccnc2C#N)CC1. The first-order valence-electron chi connectivity index (χ1n) is 7.33. The van der Waals surface area contributed by atoms with E-state index in [0.717, 1.165) is 25.9 Å². The van der Waals surface area contributed by atoms with E-state index in [1.54, 1.807) is 12.3 Å². The number of carbonyl (C=O) groups excluding carboxylic acids is 1. The van der Waals surface area contributed by atoms with Gasteiger partial charge in [-0.1, -0.05) is 6.08 Å². The number of hydrogen-bond acceptors (Lipinski definition) is 5. The van der Waals surface area contributed by atoms with E-state index in [1.807, 2.05) is 0 Å². The summed E-state index contributed by atoms with van der Waals surface area (Å²) >= 11 is 0. The third kappa shape index (κ3) is 4.19. The van der Waals surface area contributed by atoms with E-state index in [1.165, 1.54) is 6.20 Å². The maximum atomic E-state index is 11.5. The summed E-state index contributed by atoms with van der Waals surface area (Å²) in [5, 5.41) is 14.6. The van der Waals surface area contributed by atoms with Gasteiger partial charge in [-0.3, -0.25) is 0 Å². The number of carbonyl (C=O) groups is 1. The molecule has 1 aromatic heterocycles. The number of amides is 2. The fourth-order valence-electron chi connectivity index (χ4n) is 2.45. The molecule has 0 saturated carbocycles. The van der Waals surface area contributed by atoms with Crippen LogP contribution in [-0.2, 0) is 0 Å². The summed E-state index contributed by atoms with van der Waals surface area (Å²) in [5.74, 6) is 1.09. The van der Waals surface area contributed by atoms with Gasteiger partial charge in [0.15, 0.2) is 11.5 Å². The molecule has 0 bridgehead atoms. The van der Waals surface area contributed by atoms with Crippen molar-refractivity contribution < 1.29 is 4.79 Å². The lowest BCUT2D eigenvalue weighted by atomic mass is 9.97. The number of nitrogens with one attached hydrogen (secondary N) is 2. The fraction of sp³-hybridized carbons (Fsp3) is 0.467. The summed E-state index contributed by atoms with van der Waals surface area (Å²) < 4.78 is 0. The Balaban J connectivity index is 1.80.